The Kier molecular flexibility index (Phi) is 2.64. The van der Waals surface area contributed by atoms with Crippen molar-refractivity contribution in [2.24, 2.45) is 5.92 Å². The van der Waals surface area contributed by atoms with Crippen LogP contribution in [-0.4, -0.2) is 28.4 Å². The van der Waals surface area contributed by atoms with Crippen molar-refractivity contribution in [1.82, 2.24) is 0 Å². The van der Waals surface area contributed by atoms with Crippen LogP contribution in [0, 0.1) is 16.0 Å². The lowest BCUT2D eigenvalue weighted by atomic mass is 10.1. The van der Waals surface area contributed by atoms with E-state index in [1.807, 2.05) is 0 Å². The quantitative estimate of drug-likeness (QED) is 0.517. The second-order valence-corrected chi connectivity index (χ2v) is 2.89. The highest BCUT2D eigenvalue weighted by Crippen LogP contribution is 2.30. The van der Waals surface area contributed by atoms with Crippen molar-refractivity contribution in [3.8, 4) is 0 Å². The van der Waals surface area contributed by atoms with Gasteiger partial charge in [-0.05, 0) is 12.8 Å². The lowest BCUT2D eigenvalue weighted by molar-refractivity contribution is -0.769. The van der Waals surface area contributed by atoms with Gasteiger partial charge in [-0.25, -0.2) is 4.39 Å². The Balaban J connectivity index is 2.51. The number of rotatable bonds is 3. The van der Waals surface area contributed by atoms with E-state index in [9.17, 15) is 19.3 Å². The van der Waals surface area contributed by atoms with Crippen LogP contribution in [0.15, 0.2) is 0 Å². The van der Waals surface area contributed by atoms with Gasteiger partial charge in [-0.2, -0.15) is 0 Å². The number of nitrogens with zero attached hydrogens (tertiary/aromatic N) is 1. The zero-order valence-corrected chi connectivity index (χ0v) is 6.55. The Labute approximate surface area is 72.4 Å². The van der Waals surface area contributed by atoms with Gasteiger partial charge in [0.25, 0.3) is 5.09 Å². The number of aliphatic carboxylic acids is 1. The summed E-state index contributed by atoms with van der Waals surface area (Å²) in [4.78, 5) is 24.2. The first-order valence-electron chi connectivity index (χ1n) is 3.68. The Hall–Kier alpha value is -1.40. The van der Waals surface area contributed by atoms with Crippen LogP contribution in [0.4, 0.5) is 4.39 Å². The summed E-state index contributed by atoms with van der Waals surface area (Å²) in [5.74, 6) is -2.02. The van der Waals surface area contributed by atoms with Crippen LogP contribution in [0.5, 0.6) is 0 Å². The molecule has 0 unspecified atom stereocenters. The van der Waals surface area contributed by atoms with Gasteiger partial charge in [-0.1, -0.05) is 0 Å². The van der Waals surface area contributed by atoms with Crippen molar-refractivity contribution in [2.75, 3.05) is 0 Å². The lowest BCUT2D eigenvalue weighted by Gasteiger charge is -2.08. The van der Waals surface area contributed by atoms with Gasteiger partial charge in [0.15, 0.2) is 0 Å². The summed E-state index contributed by atoms with van der Waals surface area (Å²) in [6.45, 7) is 0. The standard InChI is InChI=1S/C6H8FNO5/c7-4-1-3(6(9)10)2-5(4)13-8(11)12/h3-5H,1-2H2,(H,9,10)/t3-,4+,5+/m0/s1. The maximum Gasteiger partial charge on any atom is 0.306 e. The van der Waals surface area contributed by atoms with E-state index < -0.39 is 29.2 Å². The van der Waals surface area contributed by atoms with E-state index in [4.69, 9.17) is 5.11 Å². The minimum Gasteiger partial charge on any atom is -0.481 e. The molecule has 0 aromatic heterocycles. The highest BCUT2D eigenvalue weighted by molar-refractivity contribution is 5.70. The topological polar surface area (TPSA) is 89.7 Å². The Bertz CT molecular complexity index is 233. The first kappa shape index (κ1) is 9.69. The molecule has 13 heavy (non-hydrogen) atoms. The third-order valence-electron chi connectivity index (χ3n) is 2.00. The smallest absolute Gasteiger partial charge is 0.306 e. The summed E-state index contributed by atoms with van der Waals surface area (Å²) in [5.41, 5.74) is 0. The maximum absolute atomic E-state index is 12.9. The molecule has 0 amide bonds. The number of carbonyl (C=O) groups is 1. The number of alkyl halides is 1. The molecule has 0 heterocycles. The fraction of sp³-hybridized carbons (Fsp3) is 0.833. The molecule has 7 heteroatoms. The van der Waals surface area contributed by atoms with Crippen LogP contribution in [0.2, 0.25) is 0 Å². The van der Waals surface area contributed by atoms with Gasteiger partial charge < -0.3 is 9.94 Å². The molecule has 0 saturated heterocycles. The summed E-state index contributed by atoms with van der Waals surface area (Å²) in [7, 11) is 0. The molecule has 0 aromatic rings. The molecule has 1 N–H and O–H groups in total. The van der Waals surface area contributed by atoms with Gasteiger partial charge in [-0.15, -0.1) is 10.1 Å². The highest BCUT2D eigenvalue weighted by atomic mass is 19.1. The average molecular weight is 193 g/mol. The Morgan fingerprint density at radius 3 is 2.62 bits per heavy atom. The molecular weight excluding hydrogens is 185 g/mol. The van der Waals surface area contributed by atoms with Gasteiger partial charge in [0.05, 0.1) is 5.92 Å². The van der Waals surface area contributed by atoms with Gasteiger partial charge in [0.2, 0.25) is 0 Å². The number of halogens is 1. The molecule has 1 rings (SSSR count). The fourth-order valence-electron chi connectivity index (χ4n) is 1.37. The summed E-state index contributed by atoms with van der Waals surface area (Å²) >= 11 is 0. The molecule has 1 saturated carbocycles. The average Bonchev–Trinajstić information content (AvgIpc) is 2.31. The number of hydrogen-bond donors (Lipinski definition) is 1. The zero-order valence-electron chi connectivity index (χ0n) is 6.55. The van der Waals surface area contributed by atoms with E-state index in [0.717, 1.165) is 0 Å². The van der Waals surface area contributed by atoms with E-state index >= 15 is 0 Å². The molecular formula is C6H8FNO5. The van der Waals surface area contributed by atoms with E-state index in [1.165, 1.54) is 0 Å². The van der Waals surface area contributed by atoms with Crippen LogP contribution in [0.1, 0.15) is 12.8 Å². The van der Waals surface area contributed by atoms with E-state index in [0.29, 0.717) is 0 Å². The largest absolute Gasteiger partial charge is 0.481 e. The number of carboxylic acids is 1. The highest BCUT2D eigenvalue weighted by Gasteiger charge is 2.40. The second kappa shape index (κ2) is 3.55. The summed E-state index contributed by atoms with van der Waals surface area (Å²) in [5, 5.41) is 17.2. The molecule has 6 nitrogen and oxygen atoms in total. The number of hydrogen-bond acceptors (Lipinski definition) is 4. The lowest BCUT2D eigenvalue weighted by Crippen LogP contribution is -2.22. The van der Waals surface area contributed by atoms with Crippen molar-refractivity contribution in [2.45, 2.75) is 25.1 Å². The third-order valence-corrected chi connectivity index (χ3v) is 2.00. The van der Waals surface area contributed by atoms with Gasteiger partial charge >= 0.3 is 5.97 Å². The molecule has 0 aliphatic heterocycles. The second-order valence-electron chi connectivity index (χ2n) is 2.89. The van der Waals surface area contributed by atoms with E-state index in [2.05, 4.69) is 4.84 Å². The predicted octanol–water partition coefficient (Wildman–Crippen LogP) is 0.396. The maximum atomic E-state index is 12.9. The summed E-state index contributed by atoms with van der Waals surface area (Å²) in [6.07, 6.45) is -3.15. The number of carboxylic acid groups (broad SMARTS) is 1. The minimum atomic E-state index is -1.56. The molecule has 1 aliphatic rings. The Morgan fingerprint density at radius 1 is 1.62 bits per heavy atom. The van der Waals surface area contributed by atoms with Gasteiger partial charge in [0, 0.05) is 0 Å². The van der Waals surface area contributed by atoms with Crippen molar-refractivity contribution in [3.63, 3.8) is 0 Å². The van der Waals surface area contributed by atoms with Crippen LogP contribution >= 0.6 is 0 Å². The van der Waals surface area contributed by atoms with Gasteiger partial charge in [-0.3, -0.25) is 4.79 Å². The van der Waals surface area contributed by atoms with Crippen molar-refractivity contribution >= 4 is 5.97 Å². The summed E-state index contributed by atoms with van der Waals surface area (Å²) < 4.78 is 12.9. The van der Waals surface area contributed by atoms with Crippen LogP contribution in [0.25, 0.3) is 0 Å². The van der Waals surface area contributed by atoms with Crippen LogP contribution < -0.4 is 0 Å². The van der Waals surface area contributed by atoms with Crippen molar-refractivity contribution in [1.29, 1.82) is 0 Å². The molecule has 74 valence electrons. The predicted molar refractivity (Wildman–Crippen MR) is 37.1 cm³/mol. The third kappa shape index (κ3) is 2.27. The SMILES string of the molecule is O=C(O)[C@H]1C[C@@H](F)[C@H](O[N+](=O)[O-])C1. The van der Waals surface area contributed by atoms with Crippen molar-refractivity contribution < 1.29 is 24.2 Å². The van der Waals surface area contributed by atoms with Gasteiger partial charge in [0.1, 0.15) is 12.3 Å². The summed E-state index contributed by atoms with van der Waals surface area (Å²) in [6, 6.07) is 0. The monoisotopic (exact) mass is 193 g/mol. The molecule has 0 bridgehead atoms. The molecule has 1 fully saturated rings. The van der Waals surface area contributed by atoms with Crippen LogP contribution in [-0.2, 0) is 9.63 Å². The molecule has 0 spiro atoms. The van der Waals surface area contributed by atoms with Crippen molar-refractivity contribution in [3.05, 3.63) is 10.1 Å². The normalized spacial score (nSPS) is 32.8. The molecule has 0 aromatic carbocycles. The van der Waals surface area contributed by atoms with Crippen LogP contribution in [0.3, 0.4) is 0 Å². The minimum absolute atomic E-state index is 0.141. The first-order valence-corrected chi connectivity index (χ1v) is 3.68. The van der Waals surface area contributed by atoms with E-state index in [1.54, 1.807) is 0 Å². The fourth-order valence-corrected chi connectivity index (χ4v) is 1.37. The van der Waals surface area contributed by atoms with E-state index in [-0.39, 0.29) is 12.8 Å². The first-order chi connectivity index (χ1) is 6.00. The Morgan fingerprint density at radius 2 is 2.23 bits per heavy atom. The molecule has 1 aliphatic carbocycles. The molecule has 0 radical (unpaired) electrons. The molecule has 3 atom stereocenters. The zero-order chi connectivity index (χ0) is 10.0.